The Bertz CT molecular complexity index is 1300. The van der Waals surface area contributed by atoms with Crippen molar-refractivity contribution < 1.29 is 27.4 Å². The summed E-state index contributed by atoms with van der Waals surface area (Å²) in [5.41, 5.74) is 1.48. The molecule has 1 aliphatic rings. The third-order valence-corrected chi connectivity index (χ3v) is 7.98. The number of sulfone groups is 1. The summed E-state index contributed by atoms with van der Waals surface area (Å²) in [4.78, 5) is 12.8. The third kappa shape index (κ3) is 5.04. The summed E-state index contributed by atoms with van der Waals surface area (Å²) < 4.78 is 51.5. The third-order valence-electron chi connectivity index (χ3n) is 5.94. The molecule has 0 aliphatic carbocycles. The lowest BCUT2D eigenvalue weighted by Gasteiger charge is -2.23. The fraction of sp³-hybridized carbons (Fsp3) is 0.522. The van der Waals surface area contributed by atoms with E-state index in [-0.39, 0.29) is 30.8 Å². The topological polar surface area (TPSA) is 140 Å². The molecule has 0 fully saturated rings. The highest BCUT2D eigenvalue weighted by atomic mass is 32.2. The van der Waals surface area contributed by atoms with Crippen molar-refractivity contribution in [1.29, 1.82) is 0 Å². The van der Waals surface area contributed by atoms with Crippen molar-refractivity contribution in [1.82, 2.24) is 29.7 Å². The molecule has 0 aromatic carbocycles. The van der Waals surface area contributed by atoms with E-state index in [0.29, 0.717) is 35.4 Å². The van der Waals surface area contributed by atoms with E-state index in [1.807, 2.05) is 13.8 Å². The first-order chi connectivity index (χ1) is 17.3. The Balaban J connectivity index is 1.72. The summed E-state index contributed by atoms with van der Waals surface area (Å²) in [5.74, 6) is 1.43. The van der Waals surface area contributed by atoms with Crippen molar-refractivity contribution in [3.8, 4) is 23.0 Å². The van der Waals surface area contributed by atoms with Gasteiger partial charge in [-0.3, -0.25) is 0 Å². The molecule has 0 saturated carbocycles. The molecule has 36 heavy (non-hydrogen) atoms. The largest absolute Gasteiger partial charge is 0.485 e. The van der Waals surface area contributed by atoms with Crippen LogP contribution in [0.3, 0.4) is 0 Å². The molecule has 4 rings (SSSR count). The van der Waals surface area contributed by atoms with Gasteiger partial charge in [-0.1, -0.05) is 0 Å². The van der Waals surface area contributed by atoms with Crippen LogP contribution in [0.25, 0.3) is 11.4 Å². The van der Waals surface area contributed by atoms with Gasteiger partial charge in [0.25, 0.3) is 5.88 Å². The molecule has 0 radical (unpaired) electrons. The van der Waals surface area contributed by atoms with Gasteiger partial charge in [-0.05, 0) is 32.4 Å². The Morgan fingerprint density at radius 3 is 2.61 bits per heavy atom. The molecule has 0 spiro atoms. The van der Waals surface area contributed by atoms with Crippen molar-refractivity contribution in [2.75, 3.05) is 34.0 Å². The quantitative estimate of drug-likeness (QED) is 0.390. The zero-order chi connectivity index (χ0) is 25.9. The second kappa shape index (κ2) is 10.8. The predicted molar refractivity (Wildman–Crippen MR) is 129 cm³/mol. The number of nitrogens with zero attached hydrogens (tertiary/aromatic N) is 6. The summed E-state index contributed by atoms with van der Waals surface area (Å²) in [6.45, 7) is 6.15. The Kier molecular flexibility index (Phi) is 7.81. The molecular formula is C23H30N6O6S. The Hall–Kier alpha value is -3.16. The second-order valence-electron chi connectivity index (χ2n) is 8.44. The SMILES string of the molecule is CCOc1nccc2c1OC[C@H](COC)n1c(CS(=O)(=O)[C@@H](C)[C@H](OC)c3ncc(C)cn3)nnc1-2. The molecule has 194 valence electrons. The number of fused-ring (bicyclic) bond motifs is 3. The number of hydrogen-bond donors (Lipinski definition) is 0. The molecule has 3 atom stereocenters. The average Bonchev–Trinajstić information content (AvgIpc) is 3.18. The van der Waals surface area contributed by atoms with Gasteiger partial charge in [0.2, 0.25) is 0 Å². The number of aryl methyl sites for hydroxylation is 1. The van der Waals surface area contributed by atoms with Crippen LogP contribution in [-0.4, -0.2) is 77.4 Å². The molecular weight excluding hydrogens is 488 g/mol. The van der Waals surface area contributed by atoms with Crippen molar-refractivity contribution in [2.45, 2.75) is 43.9 Å². The maximum Gasteiger partial charge on any atom is 0.257 e. The minimum absolute atomic E-state index is 0.193. The van der Waals surface area contributed by atoms with Gasteiger partial charge in [0.15, 0.2) is 27.2 Å². The van der Waals surface area contributed by atoms with E-state index >= 15 is 0 Å². The van der Waals surface area contributed by atoms with Gasteiger partial charge in [0.05, 0.1) is 30.1 Å². The summed E-state index contributed by atoms with van der Waals surface area (Å²) in [5, 5.41) is 7.67. The Morgan fingerprint density at radius 2 is 1.94 bits per heavy atom. The molecule has 0 amide bonds. The fourth-order valence-corrected chi connectivity index (χ4v) is 5.53. The molecule has 3 aromatic rings. The number of rotatable bonds is 10. The Morgan fingerprint density at radius 1 is 1.19 bits per heavy atom. The van der Waals surface area contributed by atoms with Gasteiger partial charge in [0, 0.05) is 32.8 Å². The van der Waals surface area contributed by atoms with E-state index in [2.05, 4.69) is 25.1 Å². The maximum absolute atomic E-state index is 13.6. The van der Waals surface area contributed by atoms with E-state index in [4.69, 9.17) is 18.9 Å². The average molecular weight is 519 g/mol. The predicted octanol–water partition coefficient (Wildman–Crippen LogP) is 2.11. The van der Waals surface area contributed by atoms with Crippen molar-refractivity contribution >= 4 is 9.84 Å². The van der Waals surface area contributed by atoms with E-state index in [1.54, 1.807) is 43.3 Å². The highest BCUT2D eigenvalue weighted by Gasteiger charge is 2.36. The minimum Gasteiger partial charge on any atom is -0.485 e. The van der Waals surface area contributed by atoms with Crippen molar-refractivity contribution in [3.05, 3.63) is 41.9 Å². The van der Waals surface area contributed by atoms with Crippen LogP contribution < -0.4 is 9.47 Å². The highest BCUT2D eigenvalue weighted by molar-refractivity contribution is 7.91. The van der Waals surface area contributed by atoms with E-state index in [1.165, 1.54) is 7.11 Å². The standard InChI is InChI=1S/C23H30N6O6S/c1-6-34-23-20-17(7-8-24-23)22-28-27-18(29(22)16(11-32-4)12-35-20)13-36(30,31)15(3)19(33-5)21-25-9-14(2)10-26-21/h7-10,15-16,19H,6,11-13H2,1-5H3/t15-,16-,19-/m0/s1. The molecule has 4 heterocycles. The molecule has 1 aliphatic heterocycles. The molecule has 0 bridgehead atoms. The normalized spacial score (nSPS) is 16.9. The molecule has 0 N–H and O–H groups in total. The van der Waals surface area contributed by atoms with Crippen LogP contribution in [0.1, 0.15) is 43.2 Å². The zero-order valence-electron chi connectivity index (χ0n) is 20.9. The van der Waals surface area contributed by atoms with Gasteiger partial charge in [-0.15, -0.1) is 10.2 Å². The van der Waals surface area contributed by atoms with Gasteiger partial charge >= 0.3 is 0 Å². The lowest BCUT2D eigenvalue weighted by molar-refractivity contribution is 0.0947. The van der Waals surface area contributed by atoms with Crippen LogP contribution in [0.15, 0.2) is 24.7 Å². The molecule has 3 aromatic heterocycles. The summed E-state index contributed by atoms with van der Waals surface area (Å²) in [6.07, 6.45) is 4.00. The highest BCUT2D eigenvalue weighted by Crippen LogP contribution is 2.40. The number of aromatic nitrogens is 6. The number of hydrogen-bond acceptors (Lipinski definition) is 11. The van der Waals surface area contributed by atoms with Gasteiger partial charge in [-0.2, -0.15) is 0 Å². The van der Waals surface area contributed by atoms with Crippen LogP contribution in [0.4, 0.5) is 0 Å². The number of methoxy groups -OCH3 is 2. The lowest BCUT2D eigenvalue weighted by atomic mass is 10.2. The van der Waals surface area contributed by atoms with Crippen LogP contribution in [0, 0.1) is 6.92 Å². The van der Waals surface area contributed by atoms with E-state index in [0.717, 1.165) is 5.56 Å². The molecule has 12 nitrogen and oxygen atoms in total. The lowest BCUT2D eigenvalue weighted by Crippen LogP contribution is -2.31. The second-order valence-corrected chi connectivity index (χ2v) is 10.8. The first kappa shape index (κ1) is 25.9. The zero-order valence-corrected chi connectivity index (χ0v) is 21.7. The van der Waals surface area contributed by atoms with E-state index < -0.39 is 21.2 Å². The molecule has 0 saturated heterocycles. The van der Waals surface area contributed by atoms with Crippen molar-refractivity contribution in [3.63, 3.8) is 0 Å². The molecule has 13 heteroatoms. The van der Waals surface area contributed by atoms with Crippen LogP contribution in [0.2, 0.25) is 0 Å². The van der Waals surface area contributed by atoms with Crippen LogP contribution in [-0.2, 0) is 25.1 Å². The maximum atomic E-state index is 13.6. The minimum atomic E-state index is -3.78. The van der Waals surface area contributed by atoms with Gasteiger partial charge in [-0.25, -0.2) is 23.4 Å². The fourth-order valence-electron chi connectivity index (χ4n) is 4.10. The first-order valence-electron chi connectivity index (χ1n) is 11.5. The van der Waals surface area contributed by atoms with Gasteiger partial charge < -0.3 is 23.5 Å². The van der Waals surface area contributed by atoms with Crippen LogP contribution >= 0.6 is 0 Å². The first-order valence-corrected chi connectivity index (χ1v) is 13.2. The van der Waals surface area contributed by atoms with Crippen molar-refractivity contribution in [2.24, 2.45) is 0 Å². The summed E-state index contributed by atoms with van der Waals surface area (Å²) >= 11 is 0. The summed E-state index contributed by atoms with van der Waals surface area (Å²) in [6, 6.07) is 1.37. The Labute approximate surface area is 209 Å². The van der Waals surface area contributed by atoms with Crippen LogP contribution in [0.5, 0.6) is 11.6 Å². The summed E-state index contributed by atoms with van der Waals surface area (Å²) in [7, 11) is -0.769. The monoisotopic (exact) mass is 518 g/mol. The van der Waals surface area contributed by atoms with E-state index in [9.17, 15) is 8.42 Å². The number of pyridine rings is 1. The number of ether oxygens (including phenoxy) is 4. The van der Waals surface area contributed by atoms with Gasteiger partial charge in [0.1, 0.15) is 24.3 Å². The smallest absolute Gasteiger partial charge is 0.257 e. The molecule has 0 unspecified atom stereocenters.